The van der Waals surface area contributed by atoms with E-state index in [-0.39, 0.29) is 35.5 Å². The maximum absolute atomic E-state index is 13.2. The lowest BCUT2D eigenvalue weighted by Crippen LogP contribution is -2.38. The van der Waals surface area contributed by atoms with Crippen molar-refractivity contribution in [2.24, 2.45) is 28.8 Å². The average molecular weight is 471 g/mol. The van der Waals surface area contributed by atoms with Gasteiger partial charge in [0.25, 0.3) is 11.8 Å². The number of benzene rings is 3. The normalized spacial score (nSPS) is 25.5. The molecule has 2 amide bonds. The lowest BCUT2D eigenvalue weighted by atomic mass is 9.63. The number of hydrogen-bond acceptors (Lipinski definition) is 4. The van der Waals surface area contributed by atoms with E-state index in [0.717, 1.165) is 39.7 Å². The van der Waals surface area contributed by atoms with Crippen LogP contribution in [0.1, 0.15) is 24.0 Å². The maximum Gasteiger partial charge on any atom is 0.254 e. The molecule has 0 unspecified atom stereocenters. The molecule has 4 atom stereocenters. The van der Waals surface area contributed by atoms with Gasteiger partial charge in [-0.1, -0.05) is 66.2 Å². The quantitative estimate of drug-likeness (QED) is 0.277. The van der Waals surface area contributed by atoms with E-state index in [4.69, 9.17) is 16.3 Å². The second-order valence-corrected chi connectivity index (χ2v) is 9.62. The van der Waals surface area contributed by atoms with Crippen molar-refractivity contribution in [1.82, 2.24) is 5.01 Å². The molecular weight excluding hydrogens is 448 g/mol. The van der Waals surface area contributed by atoms with E-state index in [1.54, 1.807) is 6.21 Å². The first-order valence-corrected chi connectivity index (χ1v) is 12.0. The number of carbonyl (C=O) groups excluding carboxylic acids is 2. The molecule has 2 bridgehead atoms. The van der Waals surface area contributed by atoms with Crippen LogP contribution in [-0.2, 0) is 16.2 Å². The number of allylic oxidation sites excluding steroid dienone is 2. The Labute approximate surface area is 202 Å². The minimum Gasteiger partial charge on any atom is -0.488 e. The molecule has 3 aliphatic carbocycles. The molecule has 0 spiro atoms. The molecule has 7 rings (SSSR count). The number of nitrogens with zero attached hydrogens (tertiary/aromatic N) is 2. The van der Waals surface area contributed by atoms with Crippen molar-refractivity contribution in [3.63, 3.8) is 0 Å². The van der Waals surface area contributed by atoms with Gasteiger partial charge in [0.05, 0.1) is 18.1 Å². The second kappa shape index (κ2) is 8.41. The molecule has 3 aromatic rings. The van der Waals surface area contributed by atoms with Crippen LogP contribution in [0.15, 0.2) is 77.9 Å². The number of amides is 2. The fourth-order valence-corrected chi connectivity index (χ4v) is 5.69. The van der Waals surface area contributed by atoms with Crippen LogP contribution in [0.3, 0.4) is 0 Å². The summed E-state index contributed by atoms with van der Waals surface area (Å²) in [4.78, 5) is 26.3. The SMILES string of the molecule is O=C1[C@H]2[C@H](C(=O)N1/N=C\c1c(OCc3ccc(Cl)cc3)ccc3ccccc13)[C@H]1C=C[C@H]2CC1. The summed E-state index contributed by atoms with van der Waals surface area (Å²) in [6.07, 6.45) is 7.75. The monoisotopic (exact) mass is 470 g/mol. The summed E-state index contributed by atoms with van der Waals surface area (Å²) >= 11 is 5.99. The summed E-state index contributed by atoms with van der Waals surface area (Å²) in [5.74, 6) is -0.00739. The number of rotatable bonds is 5. The van der Waals surface area contributed by atoms with E-state index in [2.05, 4.69) is 17.3 Å². The number of hydrogen-bond donors (Lipinski definition) is 0. The molecule has 1 saturated heterocycles. The van der Waals surface area contributed by atoms with Crippen molar-refractivity contribution >= 4 is 40.4 Å². The van der Waals surface area contributed by atoms with Gasteiger partial charge in [-0.2, -0.15) is 10.1 Å². The number of fused-ring (bicyclic) bond motifs is 2. The zero-order chi connectivity index (χ0) is 23.2. The van der Waals surface area contributed by atoms with Crippen molar-refractivity contribution in [1.29, 1.82) is 0 Å². The van der Waals surface area contributed by atoms with E-state index >= 15 is 0 Å². The van der Waals surface area contributed by atoms with Gasteiger partial charge in [-0.05, 0) is 59.2 Å². The van der Waals surface area contributed by atoms with Crippen LogP contribution >= 0.6 is 11.6 Å². The zero-order valence-corrected chi connectivity index (χ0v) is 19.2. The highest BCUT2D eigenvalue weighted by atomic mass is 35.5. The molecule has 3 aromatic carbocycles. The van der Waals surface area contributed by atoms with Crippen molar-refractivity contribution < 1.29 is 14.3 Å². The number of imide groups is 1. The van der Waals surface area contributed by atoms with E-state index in [9.17, 15) is 9.59 Å². The molecule has 0 aromatic heterocycles. The van der Waals surface area contributed by atoms with Gasteiger partial charge in [-0.3, -0.25) is 9.59 Å². The summed E-state index contributed by atoms with van der Waals surface area (Å²) in [5, 5.41) is 8.17. The van der Waals surface area contributed by atoms with E-state index in [1.165, 1.54) is 0 Å². The Morgan fingerprint density at radius 1 is 0.912 bits per heavy atom. The molecule has 1 saturated carbocycles. The molecule has 1 aliphatic heterocycles. The standard InChI is InChI=1S/C28H23ClN2O3/c29-21-12-5-17(6-13-21)16-34-24-14-11-18-3-1-2-4-22(18)23(24)15-30-31-27(32)25-19-7-8-20(10-9-19)26(25)28(31)33/h1-8,11-15,19-20,25-26H,9-10,16H2/b30-15-/t19-,20-,25+,26+/m0/s1. The molecule has 0 N–H and O–H groups in total. The molecule has 34 heavy (non-hydrogen) atoms. The van der Waals surface area contributed by atoms with Crippen LogP contribution in [0.25, 0.3) is 10.8 Å². The lowest BCUT2D eigenvalue weighted by Gasteiger charge is -2.37. The van der Waals surface area contributed by atoms with Gasteiger partial charge in [0, 0.05) is 10.6 Å². The molecule has 2 fully saturated rings. The molecule has 0 radical (unpaired) electrons. The first-order valence-electron chi connectivity index (χ1n) is 11.6. The molecule has 4 aliphatic rings. The summed E-state index contributed by atoms with van der Waals surface area (Å²) in [7, 11) is 0. The van der Waals surface area contributed by atoms with Crippen molar-refractivity contribution in [3.05, 3.63) is 89.0 Å². The second-order valence-electron chi connectivity index (χ2n) is 9.19. The van der Waals surface area contributed by atoms with Crippen molar-refractivity contribution in [2.75, 3.05) is 0 Å². The first kappa shape index (κ1) is 21.1. The van der Waals surface area contributed by atoms with Gasteiger partial charge < -0.3 is 4.74 Å². The summed E-state index contributed by atoms with van der Waals surface area (Å²) in [6, 6.07) is 19.3. The minimum absolute atomic E-state index is 0.141. The number of carbonyl (C=O) groups is 2. The summed E-state index contributed by atoms with van der Waals surface area (Å²) in [5.41, 5.74) is 1.72. The third-order valence-corrected chi connectivity index (χ3v) is 7.53. The predicted octanol–water partition coefficient (Wildman–Crippen LogP) is 5.60. The van der Waals surface area contributed by atoms with Crippen LogP contribution in [0.4, 0.5) is 0 Å². The molecule has 5 nitrogen and oxygen atoms in total. The van der Waals surface area contributed by atoms with Gasteiger partial charge in [0.2, 0.25) is 0 Å². The molecule has 6 heteroatoms. The molecule has 170 valence electrons. The zero-order valence-electron chi connectivity index (χ0n) is 18.4. The lowest BCUT2D eigenvalue weighted by molar-refractivity contribution is -0.140. The van der Waals surface area contributed by atoms with Crippen LogP contribution in [0, 0.1) is 23.7 Å². The Bertz CT molecular complexity index is 1320. The summed E-state index contributed by atoms with van der Waals surface area (Å²) < 4.78 is 6.15. The smallest absolute Gasteiger partial charge is 0.254 e. The van der Waals surface area contributed by atoms with Gasteiger partial charge in [0.15, 0.2) is 0 Å². The Balaban J connectivity index is 1.32. The Kier molecular flexibility index (Phi) is 5.22. The fourth-order valence-electron chi connectivity index (χ4n) is 5.56. The number of ether oxygens (including phenoxy) is 1. The third kappa shape index (κ3) is 3.51. The van der Waals surface area contributed by atoms with Crippen LogP contribution in [-0.4, -0.2) is 23.0 Å². The average Bonchev–Trinajstić information content (AvgIpc) is 3.15. The highest BCUT2D eigenvalue weighted by Gasteiger charge is 2.56. The first-order chi connectivity index (χ1) is 16.6. The van der Waals surface area contributed by atoms with Crippen molar-refractivity contribution in [2.45, 2.75) is 19.4 Å². The Morgan fingerprint density at radius 3 is 2.26 bits per heavy atom. The summed E-state index contributed by atoms with van der Waals surface area (Å²) in [6.45, 7) is 0.358. The fraction of sp³-hybridized carbons (Fsp3) is 0.250. The molecule has 1 heterocycles. The Hall–Kier alpha value is -3.44. The van der Waals surface area contributed by atoms with Gasteiger partial charge in [-0.15, -0.1) is 0 Å². The molecular formula is C28H23ClN2O3. The predicted molar refractivity (Wildman–Crippen MR) is 132 cm³/mol. The topological polar surface area (TPSA) is 59.0 Å². The highest BCUT2D eigenvalue weighted by molar-refractivity contribution is 6.30. The van der Waals surface area contributed by atoms with E-state index in [0.29, 0.717) is 17.4 Å². The van der Waals surface area contributed by atoms with Crippen LogP contribution in [0.5, 0.6) is 5.75 Å². The van der Waals surface area contributed by atoms with Gasteiger partial charge >= 0.3 is 0 Å². The largest absolute Gasteiger partial charge is 0.488 e. The minimum atomic E-state index is -0.276. The van der Waals surface area contributed by atoms with Gasteiger partial charge in [-0.25, -0.2) is 0 Å². The highest BCUT2D eigenvalue weighted by Crippen LogP contribution is 2.49. The van der Waals surface area contributed by atoms with Crippen LogP contribution in [0.2, 0.25) is 5.02 Å². The number of hydrazone groups is 1. The van der Waals surface area contributed by atoms with Gasteiger partial charge in [0.1, 0.15) is 12.4 Å². The third-order valence-electron chi connectivity index (χ3n) is 7.28. The maximum atomic E-state index is 13.2. The van der Waals surface area contributed by atoms with Crippen molar-refractivity contribution in [3.8, 4) is 5.75 Å². The number of halogens is 1. The Morgan fingerprint density at radius 2 is 1.59 bits per heavy atom. The van der Waals surface area contributed by atoms with E-state index < -0.39 is 0 Å². The van der Waals surface area contributed by atoms with E-state index in [1.807, 2.05) is 60.7 Å². The van der Waals surface area contributed by atoms with Crippen LogP contribution < -0.4 is 4.74 Å².